The van der Waals surface area contributed by atoms with Crippen molar-refractivity contribution in [3.05, 3.63) is 24.0 Å². The first-order valence-electron chi connectivity index (χ1n) is 4.80. The van der Waals surface area contributed by atoms with Gasteiger partial charge in [-0.3, -0.25) is 9.88 Å². The number of pyridine rings is 1. The standard InChI is InChI=1S/C10H10F2N2O2/c1-6-5-16-10(15)14(6)7-3-2-4-13-8(7)9(11)12/h2-4,6,9H,5H2,1H3. The van der Waals surface area contributed by atoms with Crippen molar-refractivity contribution in [2.24, 2.45) is 0 Å². The van der Waals surface area contributed by atoms with Crippen molar-refractivity contribution < 1.29 is 18.3 Å². The molecule has 0 spiro atoms. The lowest BCUT2D eigenvalue weighted by molar-refractivity contribution is 0.146. The second-order valence-corrected chi connectivity index (χ2v) is 3.50. The van der Waals surface area contributed by atoms with Gasteiger partial charge in [0.05, 0.1) is 11.7 Å². The van der Waals surface area contributed by atoms with Gasteiger partial charge in [0.25, 0.3) is 6.43 Å². The highest BCUT2D eigenvalue weighted by Crippen LogP contribution is 2.31. The van der Waals surface area contributed by atoms with E-state index in [-0.39, 0.29) is 18.3 Å². The number of aromatic nitrogens is 1. The van der Waals surface area contributed by atoms with Gasteiger partial charge in [-0.15, -0.1) is 0 Å². The molecule has 1 unspecified atom stereocenters. The highest BCUT2D eigenvalue weighted by Gasteiger charge is 2.34. The number of cyclic esters (lactones) is 1. The number of halogens is 2. The van der Waals surface area contributed by atoms with E-state index in [2.05, 4.69) is 4.98 Å². The smallest absolute Gasteiger partial charge is 0.414 e. The van der Waals surface area contributed by atoms with Gasteiger partial charge in [0.15, 0.2) is 0 Å². The predicted molar refractivity (Wildman–Crippen MR) is 52.5 cm³/mol. The third-order valence-electron chi connectivity index (χ3n) is 2.37. The van der Waals surface area contributed by atoms with E-state index in [0.29, 0.717) is 0 Å². The Morgan fingerprint density at radius 1 is 1.62 bits per heavy atom. The second-order valence-electron chi connectivity index (χ2n) is 3.50. The lowest BCUT2D eigenvalue weighted by Crippen LogP contribution is -2.32. The first kappa shape index (κ1) is 10.8. The number of carbonyl (C=O) groups is 1. The highest BCUT2D eigenvalue weighted by molar-refractivity contribution is 5.90. The molecule has 0 aromatic carbocycles. The van der Waals surface area contributed by atoms with Crippen molar-refractivity contribution in [2.45, 2.75) is 19.4 Å². The van der Waals surface area contributed by atoms with Crippen LogP contribution in [0, 0.1) is 0 Å². The number of alkyl halides is 2. The Hall–Kier alpha value is -1.72. The normalized spacial score (nSPS) is 20.4. The van der Waals surface area contributed by atoms with Crippen LogP contribution in [-0.4, -0.2) is 23.7 Å². The minimum atomic E-state index is -2.71. The van der Waals surface area contributed by atoms with Crippen LogP contribution < -0.4 is 4.90 Å². The number of rotatable bonds is 2. The van der Waals surface area contributed by atoms with Crippen LogP contribution in [-0.2, 0) is 4.74 Å². The quantitative estimate of drug-likeness (QED) is 0.780. The average Bonchev–Trinajstić information content (AvgIpc) is 2.58. The third kappa shape index (κ3) is 1.70. The Bertz CT molecular complexity index is 412. The number of hydrogen-bond donors (Lipinski definition) is 0. The number of anilines is 1. The van der Waals surface area contributed by atoms with Crippen LogP contribution in [0.3, 0.4) is 0 Å². The molecule has 1 aliphatic heterocycles. The fourth-order valence-electron chi connectivity index (χ4n) is 1.63. The van der Waals surface area contributed by atoms with E-state index in [4.69, 9.17) is 4.74 Å². The minimum Gasteiger partial charge on any atom is -0.447 e. The fourth-order valence-corrected chi connectivity index (χ4v) is 1.63. The summed E-state index contributed by atoms with van der Waals surface area (Å²) in [7, 11) is 0. The number of hydrogen-bond acceptors (Lipinski definition) is 3. The Kier molecular flexibility index (Phi) is 2.72. The van der Waals surface area contributed by atoms with Gasteiger partial charge in [0.1, 0.15) is 12.3 Å². The first-order valence-corrected chi connectivity index (χ1v) is 4.80. The predicted octanol–water partition coefficient (Wildman–Crippen LogP) is 2.36. The molecule has 1 atom stereocenters. The Morgan fingerprint density at radius 2 is 2.38 bits per heavy atom. The van der Waals surface area contributed by atoms with E-state index in [1.165, 1.54) is 23.2 Å². The highest BCUT2D eigenvalue weighted by atomic mass is 19.3. The zero-order valence-corrected chi connectivity index (χ0v) is 8.56. The Labute approximate surface area is 90.8 Å². The molecular weight excluding hydrogens is 218 g/mol. The van der Waals surface area contributed by atoms with Crippen molar-refractivity contribution in [3.8, 4) is 0 Å². The zero-order valence-electron chi connectivity index (χ0n) is 8.56. The summed E-state index contributed by atoms with van der Waals surface area (Å²) in [5.74, 6) is 0. The van der Waals surface area contributed by atoms with E-state index < -0.39 is 18.2 Å². The van der Waals surface area contributed by atoms with E-state index in [1.54, 1.807) is 6.92 Å². The summed E-state index contributed by atoms with van der Waals surface area (Å²) >= 11 is 0. The molecule has 1 aliphatic rings. The molecule has 16 heavy (non-hydrogen) atoms. The van der Waals surface area contributed by atoms with Gasteiger partial charge in [-0.1, -0.05) is 0 Å². The van der Waals surface area contributed by atoms with Crippen molar-refractivity contribution in [1.29, 1.82) is 0 Å². The molecule has 86 valence electrons. The molecule has 1 amide bonds. The summed E-state index contributed by atoms with van der Waals surface area (Å²) in [6.07, 6.45) is -2.05. The van der Waals surface area contributed by atoms with Crippen LogP contribution in [0.25, 0.3) is 0 Å². The number of amides is 1. The molecule has 2 heterocycles. The second kappa shape index (κ2) is 4.03. The van der Waals surface area contributed by atoms with Gasteiger partial charge in [0, 0.05) is 6.20 Å². The van der Waals surface area contributed by atoms with E-state index in [9.17, 15) is 13.6 Å². The van der Waals surface area contributed by atoms with Crippen LogP contribution >= 0.6 is 0 Å². The van der Waals surface area contributed by atoms with Crippen LogP contribution in [0.1, 0.15) is 19.0 Å². The van der Waals surface area contributed by atoms with E-state index in [1.807, 2.05) is 0 Å². The zero-order chi connectivity index (χ0) is 11.7. The van der Waals surface area contributed by atoms with Crippen LogP contribution in [0.2, 0.25) is 0 Å². The molecule has 2 rings (SSSR count). The topological polar surface area (TPSA) is 42.4 Å². The summed E-state index contributed by atoms with van der Waals surface area (Å²) in [4.78, 5) is 16.2. The third-order valence-corrected chi connectivity index (χ3v) is 2.37. The van der Waals surface area contributed by atoms with Crippen LogP contribution in [0.4, 0.5) is 19.3 Å². The molecule has 6 heteroatoms. The molecule has 1 fully saturated rings. The first-order chi connectivity index (χ1) is 7.61. The summed E-state index contributed by atoms with van der Waals surface area (Å²) in [5.41, 5.74) is -0.277. The monoisotopic (exact) mass is 228 g/mol. The average molecular weight is 228 g/mol. The van der Waals surface area contributed by atoms with Gasteiger partial charge in [-0.2, -0.15) is 0 Å². The summed E-state index contributed by atoms with van der Waals surface area (Å²) < 4.78 is 30.2. The molecule has 4 nitrogen and oxygen atoms in total. The lowest BCUT2D eigenvalue weighted by atomic mass is 10.2. The summed E-state index contributed by atoms with van der Waals surface area (Å²) in [5, 5.41) is 0. The largest absolute Gasteiger partial charge is 0.447 e. The number of carbonyl (C=O) groups excluding carboxylic acids is 1. The molecule has 0 bridgehead atoms. The van der Waals surface area contributed by atoms with Crippen molar-refractivity contribution in [3.63, 3.8) is 0 Å². The SMILES string of the molecule is CC1COC(=O)N1c1cccnc1C(F)F. The van der Waals surface area contributed by atoms with Gasteiger partial charge in [-0.25, -0.2) is 13.6 Å². The van der Waals surface area contributed by atoms with E-state index in [0.717, 1.165) is 0 Å². The molecule has 1 aromatic rings. The van der Waals surface area contributed by atoms with Crippen molar-refractivity contribution in [1.82, 2.24) is 4.98 Å². The van der Waals surface area contributed by atoms with Gasteiger partial charge >= 0.3 is 6.09 Å². The maximum absolute atomic E-state index is 12.7. The molecule has 1 aromatic heterocycles. The molecule has 0 N–H and O–H groups in total. The van der Waals surface area contributed by atoms with Crippen molar-refractivity contribution in [2.75, 3.05) is 11.5 Å². The Balaban J connectivity index is 2.43. The molecule has 0 aliphatic carbocycles. The Morgan fingerprint density at radius 3 is 2.94 bits per heavy atom. The van der Waals surface area contributed by atoms with Crippen molar-refractivity contribution >= 4 is 11.8 Å². The van der Waals surface area contributed by atoms with Gasteiger partial charge in [0.2, 0.25) is 0 Å². The van der Waals surface area contributed by atoms with Gasteiger partial charge in [-0.05, 0) is 19.1 Å². The van der Waals surface area contributed by atoms with Crippen LogP contribution in [0.15, 0.2) is 18.3 Å². The molecular formula is C10H10F2N2O2. The maximum Gasteiger partial charge on any atom is 0.414 e. The minimum absolute atomic E-state index is 0.118. The van der Waals surface area contributed by atoms with E-state index >= 15 is 0 Å². The molecule has 0 saturated carbocycles. The lowest BCUT2D eigenvalue weighted by Gasteiger charge is -2.20. The molecule has 1 saturated heterocycles. The number of nitrogens with zero attached hydrogens (tertiary/aromatic N) is 2. The maximum atomic E-state index is 12.7. The summed E-state index contributed by atoms with van der Waals surface area (Å²) in [6.45, 7) is 1.93. The summed E-state index contributed by atoms with van der Waals surface area (Å²) in [6, 6.07) is 2.70. The fraction of sp³-hybridized carbons (Fsp3) is 0.400. The number of ether oxygens (including phenoxy) is 1. The molecule has 0 radical (unpaired) electrons. The van der Waals surface area contributed by atoms with Crippen LogP contribution in [0.5, 0.6) is 0 Å². The van der Waals surface area contributed by atoms with Gasteiger partial charge < -0.3 is 4.74 Å².